The van der Waals surface area contributed by atoms with Crippen molar-refractivity contribution in [2.75, 3.05) is 13.1 Å². The van der Waals surface area contributed by atoms with E-state index in [1.807, 2.05) is 12.1 Å². The van der Waals surface area contributed by atoms with Crippen LogP contribution in [-0.2, 0) is 6.42 Å². The number of nitrogens with one attached hydrogen (secondary N) is 1. The lowest BCUT2D eigenvalue weighted by Gasteiger charge is -1.99. The molecule has 1 aromatic carbocycles. The molecule has 0 atom stereocenters. The van der Waals surface area contributed by atoms with Crippen molar-refractivity contribution >= 4 is 27.5 Å². The van der Waals surface area contributed by atoms with Crippen LogP contribution in [0, 0.1) is 0 Å². The van der Waals surface area contributed by atoms with Crippen LogP contribution in [-0.4, -0.2) is 23.3 Å². The van der Waals surface area contributed by atoms with E-state index in [1.165, 1.54) is 0 Å². The van der Waals surface area contributed by atoms with E-state index in [4.69, 9.17) is 16.0 Å². The maximum Gasteiger partial charge on any atom is 0.247 e. The summed E-state index contributed by atoms with van der Waals surface area (Å²) in [5, 5.41) is 12.0. The first-order chi connectivity index (χ1) is 9.20. The minimum Gasteiger partial charge on any atom is -0.421 e. The van der Waals surface area contributed by atoms with Gasteiger partial charge in [0.1, 0.15) is 0 Å². The fraction of sp³-hybridized carbons (Fsp3) is 0.385. The molecule has 19 heavy (non-hydrogen) atoms. The zero-order valence-corrected chi connectivity index (χ0v) is 13.0. The zero-order valence-electron chi connectivity index (χ0n) is 10.6. The molecule has 1 aromatic heterocycles. The Morgan fingerprint density at radius 2 is 2.16 bits per heavy atom. The molecule has 0 radical (unpaired) electrons. The first kappa shape index (κ1) is 14.5. The first-order valence-corrected chi connectivity index (χ1v) is 7.36. The minimum atomic E-state index is 0.500. The van der Waals surface area contributed by atoms with Crippen molar-refractivity contribution in [3.05, 3.63) is 33.6 Å². The van der Waals surface area contributed by atoms with Crippen molar-refractivity contribution in [2.45, 2.75) is 19.8 Å². The fourth-order valence-electron chi connectivity index (χ4n) is 1.60. The SMILES string of the molecule is CCCNCCc1nnc(-c2ccc(Br)c(Cl)c2)o1. The van der Waals surface area contributed by atoms with Crippen molar-refractivity contribution in [3.63, 3.8) is 0 Å². The van der Waals surface area contributed by atoms with Gasteiger partial charge in [-0.1, -0.05) is 18.5 Å². The van der Waals surface area contributed by atoms with Gasteiger partial charge in [-0.05, 0) is 47.1 Å². The molecule has 4 nitrogen and oxygen atoms in total. The van der Waals surface area contributed by atoms with Crippen LogP contribution in [0.5, 0.6) is 0 Å². The van der Waals surface area contributed by atoms with E-state index in [1.54, 1.807) is 6.07 Å². The zero-order chi connectivity index (χ0) is 13.7. The lowest BCUT2D eigenvalue weighted by Crippen LogP contribution is -2.17. The van der Waals surface area contributed by atoms with Crippen molar-refractivity contribution in [1.29, 1.82) is 0 Å². The van der Waals surface area contributed by atoms with Crippen molar-refractivity contribution < 1.29 is 4.42 Å². The van der Waals surface area contributed by atoms with Gasteiger partial charge in [-0.15, -0.1) is 10.2 Å². The molecule has 0 aliphatic heterocycles. The Labute approximate surface area is 125 Å². The molecule has 1 N–H and O–H groups in total. The molecule has 2 aromatic rings. The van der Waals surface area contributed by atoms with Crippen molar-refractivity contribution in [1.82, 2.24) is 15.5 Å². The van der Waals surface area contributed by atoms with Gasteiger partial charge >= 0.3 is 0 Å². The summed E-state index contributed by atoms with van der Waals surface area (Å²) >= 11 is 9.39. The number of benzene rings is 1. The van der Waals surface area contributed by atoms with Crippen LogP contribution in [0.15, 0.2) is 27.1 Å². The Balaban J connectivity index is 2.01. The molecule has 0 unspecified atom stereocenters. The highest BCUT2D eigenvalue weighted by atomic mass is 79.9. The molecule has 0 fully saturated rings. The van der Waals surface area contributed by atoms with Gasteiger partial charge in [-0.3, -0.25) is 0 Å². The van der Waals surface area contributed by atoms with Gasteiger partial charge in [-0.25, -0.2) is 0 Å². The highest BCUT2D eigenvalue weighted by Crippen LogP contribution is 2.28. The Hall–Kier alpha value is -0.910. The quantitative estimate of drug-likeness (QED) is 0.812. The molecule has 0 aliphatic rings. The van der Waals surface area contributed by atoms with Crippen LogP contribution < -0.4 is 5.32 Å². The number of halogens is 2. The standard InChI is InChI=1S/C13H15BrClN3O/c1-2-6-16-7-5-12-17-18-13(19-12)9-3-4-10(14)11(15)8-9/h3-4,8,16H,2,5-7H2,1H3. The second-order valence-corrected chi connectivity index (χ2v) is 5.39. The number of nitrogens with zero attached hydrogens (tertiary/aromatic N) is 2. The van der Waals surface area contributed by atoms with E-state index >= 15 is 0 Å². The molecule has 0 aliphatic carbocycles. The molecular weight excluding hydrogens is 330 g/mol. The minimum absolute atomic E-state index is 0.500. The summed E-state index contributed by atoms with van der Waals surface area (Å²) in [5.41, 5.74) is 0.827. The summed E-state index contributed by atoms with van der Waals surface area (Å²) in [7, 11) is 0. The molecule has 6 heteroatoms. The maximum absolute atomic E-state index is 6.04. The third-order valence-corrected chi connectivity index (χ3v) is 3.81. The lowest BCUT2D eigenvalue weighted by atomic mass is 10.2. The normalized spacial score (nSPS) is 10.9. The largest absolute Gasteiger partial charge is 0.421 e. The van der Waals surface area contributed by atoms with Crippen LogP contribution in [0.25, 0.3) is 11.5 Å². The van der Waals surface area contributed by atoms with E-state index in [9.17, 15) is 0 Å². The molecule has 2 rings (SSSR count). The van der Waals surface area contributed by atoms with E-state index in [0.29, 0.717) is 16.8 Å². The van der Waals surface area contributed by atoms with E-state index in [-0.39, 0.29) is 0 Å². The molecule has 0 bridgehead atoms. The molecule has 1 heterocycles. The Morgan fingerprint density at radius 1 is 1.32 bits per heavy atom. The van der Waals surface area contributed by atoms with Crippen LogP contribution in [0.2, 0.25) is 5.02 Å². The van der Waals surface area contributed by atoms with E-state index < -0.39 is 0 Å². The summed E-state index contributed by atoms with van der Waals surface area (Å²) in [6.07, 6.45) is 1.85. The van der Waals surface area contributed by atoms with E-state index in [2.05, 4.69) is 38.4 Å². The second-order valence-electron chi connectivity index (χ2n) is 4.13. The third kappa shape index (κ3) is 4.03. The third-order valence-electron chi connectivity index (χ3n) is 2.58. The number of rotatable bonds is 6. The van der Waals surface area contributed by atoms with Gasteiger partial charge in [0.15, 0.2) is 0 Å². The predicted molar refractivity (Wildman–Crippen MR) is 79.3 cm³/mol. The van der Waals surface area contributed by atoms with Crippen molar-refractivity contribution in [2.24, 2.45) is 0 Å². The summed E-state index contributed by atoms with van der Waals surface area (Å²) in [6, 6.07) is 5.56. The summed E-state index contributed by atoms with van der Waals surface area (Å²) in [5.74, 6) is 1.14. The maximum atomic E-state index is 6.04. The highest BCUT2D eigenvalue weighted by molar-refractivity contribution is 9.10. The number of hydrogen-bond donors (Lipinski definition) is 1. The topological polar surface area (TPSA) is 51.0 Å². The lowest BCUT2D eigenvalue weighted by molar-refractivity contribution is 0.494. The second kappa shape index (κ2) is 7.03. The molecular formula is C13H15BrClN3O. The molecule has 102 valence electrons. The van der Waals surface area contributed by atoms with E-state index in [0.717, 1.165) is 36.0 Å². The smallest absolute Gasteiger partial charge is 0.247 e. The average molecular weight is 345 g/mol. The first-order valence-electron chi connectivity index (χ1n) is 6.19. The molecule has 0 amide bonds. The Kier molecular flexibility index (Phi) is 5.36. The highest BCUT2D eigenvalue weighted by Gasteiger charge is 2.09. The van der Waals surface area contributed by atoms with Gasteiger partial charge in [0.05, 0.1) is 5.02 Å². The summed E-state index contributed by atoms with van der Waals surface area (Å²) in [4.78, 5) is 0. The Bertz CT molecular complexity index is 544. The summed E-state index contributed by atoms with van der Waals surface area (Å²) in [6.45, 7) is 3.98. The number of aromatic nitrogens is 2. The van der Waals surface area contributed by atoms with Crippen LogP contribution in [0.3, 0.4) is 0 Å². The molecule has 0 saturated carbocycles. The number of hydrogen-bond acceptors (Lipinski definition) is 4. The fourth-order valence-corrected chi connectivity index (χ4v) is 2.02. The van der Waals surface area contributed by atoms with Gasteiger partial charge in [0.25, 0.3) is 0 Å². The Morgan fingerprint density at radius 3 is 2.89 bits per heavy atom. The van der Waals surface area contributed by atoms with Crippen LogP contribution in [0.4, 0.5) is 0 Å². The molecule has 0 spiro atoms. The van der Waals surface area contributed by atoms with Gasteiger partial charge in [-0.2, -0.15) is 0 Å². The van der Waals surface area contributed by atoms with Gasteiger partial charge < -0.3 is 9.73 Å². The van der Waals surface area contributed by atoms with Gasteiger partial charge in [0.2, 0.25) is 11.8 Å². The van der Waals surface area contributed by atoms with Gasteiger partial charge in [0, 0.05) is 23.0 Å². The van der Waals surface area contributed by atoms with Crippen LogP contribution >= 0.6 is 27.5 Å². The average Bonchev–Trinajstić information content (AvgIpc) is 2.87. The monoisotopic (exact) mass is 343 g/mol. The predicted octanol–water partition coefficient (Wildman–Crippen LogP) is 3.69. The van der Waals surface area contributed by atoms with Crippen LogP contribution in [0.1, 0.15) is 19.2 Å². The summed E-state index contributed by atoms with van der Waals surface area (Å²) < 4.78 is 6.46. The van der Waals surface area contributed by atoms with Crippen molar-refractivity contribution in [3.8, 4) is 11.5 Å². The molecule has 0 saturated heterocycles.